The summed E-state index contributed by atoms with van der Waals surface area (Å²) >= 11 is 1.81. The maximum absolute atomic E-state index is 14.8. The van der Waals surface area contributed by atoms with Crippen molar-refractivity contribution in [3.8, 4) is 5.75 Å². The van der Waals surface area contributed by atoms with Crippen molar-refractivity contribution in [3.63, 3.8) is 0 Å². The van der Waals surface area contributed by atoms with E-state index in [1.165, 1.54) is 22.9 Å². The number of rotatable bonds is 8. The highest BCUT2D eigenvalue weighted by Gasteiger charge is 2.38. The van der Waals surface area contributed by atoms with E-state index in [1.807, 2.05) is 16.7 Å². The highest BCUT2D eigenvalue weighted by molar-refractivity contribution is 7.99. The Kier molecular flexibility index (Phi) is 7.80. The standard InChI is InChI=1S/C25H28FN3O5S/c1-27(22(31)11-10-21(30)17-6-8-18(33-2)9-7-17)23-16-29(25(32)34-23)20-5-3-4-19(26)24(20)28-12-14-35-15-13-28/h3-9,23H,10-16H2,1-2H3. The maximum atomic E-state index is 14.8. The van der Waals surface area contributed by atoms with Crippen molar-refractivity contribution >= 4 is 40.9 Å². The van der Waals surface area contributed by atoms with E-state index in [1.54, 1.807) is 43.5 Å². The molecule has 2 aromatic carbocycles. The number of methoxy groups -OCH3 is 1. The molecular formula is C25H28FN3O5S. The van der Waals surface area contributed by atoms with Crippen molar-refractivity contribution < 1.29 is 28.2 Å². The molecule has 2 saturated heterocycles. The smallest absolute Gasteiger partial charge is 0.416 e. The normalized spacial score (nSPS) is 17.8. The minimum atomic E-state index is -0.834. The number of halogens is 1. The van der Waals surface area contributed by atoms with Crippen molar-refractivity contribution in [2.75, 3.05) is 55.1 Å². The first-order chi connectivity index (χ1) is 16.9. The zero-order chi connectivity index (χ0) is 24.9. The second-order valence-corrected chi connectivity index (χ2v) is 9.54. The van der Waals surface area contributed by atoms with E-state index in [0.29, 0.717) is 35.8 Å². The van der Waals surface area contributed by atoms with Gasteiger partial charge in [-0.3, -0.25) is 14.5 Å². The lowest BCUT2D eigenvalue weighted by Gasteiger charge is -2.32. The molecule has 0 radical (unpaired) electrons. The zero-order valence-corrected chi connectivity index (χ0v) is 20.6. The van der Waals surface area contributed by atoms with Crippen LogP contribution in [0.5, 0.6) is 5.75 Å². The van der Waals surface area contributed by atoms with E-state index in [2.05, 4.69) is 0 Å². The first-order valence-corrected chi connectivity index (χ1v) is 12.6. The average Bonchev–Trinajstić information content (AvgIpc) is 3.28. The quantitative estimate of drug-likeness (QED) is 0.509. The predicted octanol–water partition coefficient (Wildman–Crippen LogP) is 3.79. The number of thioether (sulfide) groups is 1. The molecule has 0 bridgehead atoms. The SMILES string of the molecule is COc1ccc(C(=O)CCC(=O)N(C)C2CN(c3cccc(F)c3N3CCSCC3)C(=O)O2)cc1. The molecule has 2 fully saturated rings. The van der Waals surface area contributed by atoms with Crippen LogP contribution in [-0.4, -0.2) is 74.2 Å². The molecular weight excluding hydrogens is 473 g/mol. The summed E-state index contributed by atoms with van der Waals surface area (Å²) in [5.74, 6) is 1.53. The van der Waals surface area contributed by atoms with Crippen LogP contribution in [0.15, 0.2) is 42.5 Å². The zero-order valence-electron chi connectivity index (χ0n) is 19.7. The molecule has 10 heteroatoms. The Labute approximate surface area is 208 Å². The number of hydrogen-bond acceptors (Lipinski definition) is 7. The summed E-state index contributed by atoms with van der Waals surface area (Å²) in [4.78, 5) is 42.6. The number of benzene rings is 2. The van der Waals surface area contributed by atoms with Gasteiger partial charge in [0.2, 0.25) is 5.91 Å². The number of anilines is 2. The highest BCUT2D eigenvalue weighted by Crippen LogP contribution is 2.36. The summed E-state index contributed by atoms with van der Waals surface area (Å²) in [6.07, 6.45) is -1.46. The second kappa shape index (κ2) is 11.0. The second-order valence-electron chi connectivity index (χ2n) is 8.31. The Bertz CT molecular complexity index is 1090. The van der Waals surface area contributed by atoms with Crippen LogP contribution in [0, 0.1) is 5.82 Å². The summed E-state index contributed by atoms with van der Waals surface area (Å²) in [5, 5.41) is 0. The number of amides is 2. The number of hydrogen-bond donors (Lipinski definition) is 0. The Morgan fingerprint density at radius 2 is 1.86 bits per heavy atom. The molecule has 4 rings (SSSR count). The Balaban J connectivity index is 1.40. The molecule has 2 aliphatic heterocycles. The molecule has 8 nitrogen and oxygen atoms in total. The molecule has 2 heterocycles. The van der Waals surface area contributed by atoms with Crippen LogP contribution < -0.4 is 14.5 Å². The van der Waals surface area contributed by atoms with Crippen LogP contribution in [0.3, 0.4) is 0 Å². The van der Waals surface area contributed by atoms with Gasteiger partial charge in [0.1, 0.15) is 11.6 Å². The number of nitrogens with zero attached hydrogens (tertiary/aromatic N) is 3. The molecule has 186 valence electrons. The molecule has 0 aliphatic carbocycles. The van der Waals surface area contributed by atoms with Gasteiger partial charge in [-0.05, 0) is 36.4 Å². The number of para-hydroxylation sites is 1. The molecule has 2 aliphatic rings. The maximum Gasteiger partial charge on any atom is 0.416 e. The number of carbonyl (C=O) groups excluding carboxylic acids is 3. The number of carbonyl (C=O) groups is 3. The van der Waals surface area contributed by atoms with E-state index in [4.69, 9.17) is 9.47 Å². The van der Waals surface area contributed by atoms with E-state index < -0.39 is 18.1 Å². The Hall–Kier alpha value is -3.27. The Morgan fingerprint density at radius 1 is 1.14 bits per heavy atom. The van der Waals surface area contributed by atoms with Gasteiger partial charge in [-0.2, -0.15) is 11.8 Å². The van der Waals surface area contributed by atoms with Gasteiger partial charge in [-0.25, -0.2) is 9.18 Å². The topological polar surface area (TPSA) is 79.4 Å². The van der Waals surface area contributed by atoms with Crippen LogP contribution in [0.1, 0.15) is 23.2 Å². The fourth-order valence-corrected chi connectivity index (χ4v) is 5.05. The molecule has 0 N–H and O–H groups in total. The van der Waals surface area contributed by atoms with E-state index in [0.717, 1.165) is 11.5 Å². The van der Waals surface area contributed by atoms with Crippen molar-refractivity contribution in [2.45, 2.75) is 19.1 Å². The van der Waals surface area contributed by atoms with Crippen molar-refractivity contribution in [1.29, 1.82) is 0 Å². The van der Waals surface area contributed by atoms with Crippen molar-refractivity contribution in [2.24, 2.45) is 0 Å². The fraction of sp³-hybridized carbons (Fsp3) is 0.400. The molecule has 2 aromatic rings. The lowest BCUT2D eigenvalue weighted by atomic mass is 10.1. The van der Waals surface area contributed by atoms with Crippen LogP contribution in [-0.2, 0) is 9.53 Å². The lowest BCUT2D eigenvalue weighted by molar-refractivity contribution is -0.136. The average molecular weight is 502 g/mol. The summed E-state index contributed by atoms with van der Waals surface area (Å²) in [6.45, 7) is 1.45. The lowest BCUT2D eigenvalue weighted by Crippen LogP contribution is -2.40. The third-order valence-electron chi connectivity index (χ3n) is 6.18. The van der Waals surface area contributed by atoms with E-state index in [-0.39, 0.29) is 31.1 Å². The van der Waals surface area contributed by atoms with Crippen molar-refractivity contribution in [1.82, 2.24) is 4.90 Å². The third kappa shape index (κ3) is 5.53. The monoisotopic (exact) mass is 501 g/mol. The molecule has 35 heavy (non-hydrogen) atoms. The van der Waals surface area contributed by atoms with Gasteiger partial charge in [0.15, 0.2) is 12.0 Å². The van der Waals surface area contributed by atoms with E-state index >= 15 is 0 Å². The van der Waals surface area contributed by atoms with E-state index in [9.17, 15) is 18.8 Å². The number of ether oxygens (including phenoxy) is 2. The molecule has 0 aromatic heterocycles. The van der Waals surface area contributed by atoms with Gasteiger partial charge in [-0.1, -0.05) is 6.07 Å². The van der Waals surface area contributed by atoms with Crippen LogP contribution in [0.25, 0.3) is 0 Å². The number of cyclic esters (lactones) is 1. The largest absolute Gasteiger partial charge is 0.497 e. The molecule has 2 amide bonds. The fourth-order valence-electron chi connectivity index (χ4n) is 4.15. The Morgan fingerprint density at radius 3 is 2.54 bits per heavy atom. The number of Topliss-reactive ketones (excluding diaryl/α,β-unsaturated/α-hetero) is 1. The number of likely N-dealkylation sites (N-methyl/N-ethyl adjacent to an activating group) is 1. The third-order valence-corrected chi connectivity index (χ3v) is 7.13. The molecule has 1 atom stereocenters. The number of ketones is 1. The minimum absolute atomic E-state index is 0.0218. The molecule has 1 unspecified atom stereocenters. The van der Waals surface area contributed by atoms with Crippen molar-refractivity contribution in [3.05, 3.63) is 53.8 Å². The molecule has 0 saturated carbocycles. The van der Waals surface area contributed by atoms with Crippen LogP contribution >= 0.6 is 11.8 Å². The summed E-state index contributed by atoms with van der Waals surface area (Å²) < 4.78 is 25.4. The van der Waals surface area contributed by atoms with Crippen LogP contribution in [0.4, 0.5) is 20.6 Å². The van der Waals surface area contributed by atoms with Gasteiger partial charge in [-0.15, -0.1) is 0 Å². The first-order valence-electron chi connectivity index (χ1n) is 11.4. The first kappa shape index (κ1) is 24.8. The predicted molar refractivity (Wildman–Crippen MR) is 133 cm³/mol. The van der Waals surface area contributed by atoms with Gasteiger partial charge in [0.05, 0.1) is 25.0 Å². The highest BCUT2D eigenvalue weighted by atomic mass is 32.2. The summed E-state index contributed by atoms with van der Waals surface area (Å²) in [7, 11) is 3.08. The van der Waals surface area contributed by atoms with Gasteiger partial charge < -0.3 is 19.3 Å². The van der Waals surface area contributed by atoms with Gasteiger partial charge in [0.25, 0.3) is 0 Å². The summed E-state index contributed by atoms with van der Waals surface area (Å²) in [5.41, 5.74) is 1.30. The summed E-state index contributed by atoms with van der Waals surface area (Å²) in [6, 6.07) is 11.3. The van der Waals surface area contributed by atoms with Crippen LogP contribution in [0.2, 0.25) is 0 Å². The molecule has 0 spiro atoms. The minimum Gasteiger partial charge on any atom is -0.497 e. The van der Waals surface area contributed by atoms with Gasteiger partial charge in [0, 0.05) is 50.0 Å². The van der Waals surface area contributed by atoms with Gasteiger partial charge >= 0.3 is 6.09 Å².